The van der Waals surface area contributed by atoms with Crippen LogP contribution in [0.3, 0.4) is 0 Å². The van der Waals surface area contributed by atoms with Crippen molar-refractivity contribution < 1.29 is 9.18 Å². The van der Waals surface area contributed by atoms with E-state index >= 15 is 0 Å². The number of nitrogens with zero attached hydrogens (tertiary/aromatic N) is 2. The van der Waals surface area contributed by atoms with Gasteiger partial charge in [-0.3, -0.25) is 4.79 Å². The van der Waals surface area contributed by atoms with E-state index in [9.17, 15) is 9.18 Å². The molecule has 0 aliphatic carbocycles. The van der Waals surface area contributed by atoms with Gasteiger partial charge in [-0.05, 0) is 41.8 Å². The third-order valence-electron chi connectivity index (χ3n) is 4.61. The van der Waals surface area contributed by atoms with E-state index in [-0.39, 0.29) is 11.7 Å². The Kier molecular flexibility index (Phi) is 5.14. The summed E-state index contributed by atoms with van der Waals surface area (Å²) in [6.45, 7) is 5.12. The number of anilines is 1. The molecule has 0 radical (unpaired) electrons. The van der Waals surface area contributed by atoms with Crippen molar-refractivity contribution >= 4 is 11.6 Å². The van der Waals surface area contributed by atoms with Gasteiger partial charge in [0.25, 0.3) is 0 Å². The first kappa shape index (κ1) is 16.5. The van der Waals surface area contributed by atoms with Crippen LogP contribution in [0.4, 0.5) is 10.1 Å². The summed E-state index contributed by atoms with van der Waals surface area (Å²) in [4.78, 5) is 16.6. The molecule has 0 spiro atoms. The molecule has 3 rings (SSSR count). The fraction of sp³-hybridized carbons (Fsp3) is 0.350. The summed E-state index contributed by atoms with van der Waals surface area (Å²) in [6, 6.07) is 14.8. The summed E-state index contributed by atoms with van der Waals surface area (Å²) in [5, 5.41) is 0. The highest BCUT2D eigenvalue weighted by atomic mass is 19.1. The number of amides is 1. The molecule has 4 heteroatoms. The van der Waals surface area contributed by atoms with Crippen LogP contribution in [0.15, 0.2) is 48.5 Å². The van der Waals surface area contributed by atoms with Crippen LogP contribution in [0.5, 0.6) is 0 Å². The quantitative estimate of drug-likeness (QED) is 0.861. The number of carbonyl (C=O) groups is 1. The fourth-order valence-corrected chi connectivity index (χ4v) is 3.05. The molecule has 0 bridgehead atoms. The lowest BCUT2D eigenvalue weighted by atomic mass is 10.1. The van der Waals surface area contributed by atoms with E-state index in [0.29, 0.717) is 19.5 Å². The molecule has 2 aromatic rings. The molecule has 1 fully saturated rings. The molecular formula is C20H23FN2O. The number of hydrogen-bond acceptors (Lipinski definition) is 2. The fourth-order valence-electron chi connectivity index (χ4n) is 3.05. The van der Waals surface area contributed by atoms with Crippen LogP contribution in [0, 0.1) is 5.82 Å². The van der Waals surface area contributed by atoms with E-state index in [1.165, 1.54) is 17.7 Å². The summed E-state index contributed by atoms with van der Waals surface area (Å²) in [7, 11) is 0. The van der Waals surface area contributed by atoms with Gasteiger partial charge in [0.05, 0.1) is 6.42 Å². The van der Waals surface area contributed by atoms with Gasteiger partial charge in [0.1, 0.15) is 5.82 Å². The second-order valence-corrected chi connectivity index (χ2v) is 6.19. The van der Waals surface area contributed by atoms with Gasteiger partial charge < -0.3 is 9.80 Å². The third kappa shape index (κ3) is 3.94. The first-order chi connectivity index (χ1) is 11.7. The van der Waals surface area contributed by atoms with Crippen molar-refractivity contribution in [1.29, 1.82) is 0 Å². The SMILES string of the molecule is CCc1ccc(CC(=O)N2CCN(c3ccc(F)cc3)CC2)cc1. The number of benzene rings is 2. The summed E-state index contributed by atoms with van der Waals surface area (Å²) >= 11 is 0. The van der Waals surface area contributed by atoms with Gasteiger partial charge in [0.2, 0.25) is 5.91 Å². The van der Waals surface area contributed by atoms with E-state index in [2.05, 4.69) is 24.0 Å². The van der Waals surface area contributed by atoms with Gasteiger partial charge in [0, 0.05) is 31.9 Å². The van der Waals surface area contributed by atoms with E-state index in [1.54, 1.807) is 12.1 Å². The Labute approximate surface area is 142 Å². The first-order valence-electron chi connectivity index (χ1n) is 8.52. The predicted octanol–water partition coefficient (Wildman–Crippen LogP) is 3.28. The van der Waals surface area contributed by atoms with Crippen LogP contribution in [-0.4, -0.2) is 37.0 Å². The summed E-state index contributed by atoms with van der Waals surface area (Å²) in [5.74, 6) is -0.0420. The maximum atomic E-state index is 13.0. The molecule has 1 saturated heterocycles. The lowest BCUT2D eigenvalue weighted by Crippen LogP contribution is -2.49. The number of halogens is 1. The molecule has 1 amide bonds. The minimum atomic E-state index is -0.221. The van der Waals surface area contributed by atoms with Crippen LogP contribution >= 0.6 is 0 Å². The van der Waals surface area contributed by atoms with Gasteiger partial charge in [-0.1, -0.05) is 31.2 Å². The minimum Gasteiger partial charge on any atom is -0.368 e. The predicted molar refractivity (Wildman–Crippen MR) is 94.7 cm³/mol. The van der Waals surface area contributed by atoms with Crippen molar-refractivity contribution in [3.8, 4) is 0 Å². The highest BCUT2D eigenvalue weighted by molar-refractivity contribution is 5.79. The normalized spacial score (nSPS) is 14.8. The van der Waals surface area contributed by atoms with Crippen LogP contribution in [-0.2, 0) is 17.6 Å². The molecule has 0 saturated carbocycles. The molecule has 126 valence electrons. The Bertz CT molecular complexity index is 674. The number of hydrogen-bond donors (Lipinski definition) is 0. The van der Waals surface area contributed by atoms with E-state index in [0.717, 1.165) is 30.8 Å². The van der Waals surface area contributed by atoms with E-state index < -0.39 is 0 Å². The molecular weight excluding hydrogens is 303 g/mol. The standard InChI is InChI=1S/C20H23FN2O/c1-2-16-3-5-17(6-4-16)15-20(24)23-13-11-22(12-14-23)19-9-7-18(21)8-10-19/h3-10H,2,11-15H2,1H3. The zero-order chi connectivity index (χ0) is 16.9. The molecule has 0 aromatic heterocycles. The summed E-state index contributed by atoms with van der Waals surface area (Å²) in [6.07, 6.45) is 1.47. The van der Waals surface area contributed by atoms with Crippen LogP contribution in [0.2, 0.25) is 0 Å². The average molecular weight is 326 g/mol. The molecule has 1 aliphatic heterocycles. The first-order valence-corrected chi connectivity index (χ1v) is 8.52. The van der Waals surface area contributed by atoms with Crippen LogP contribution in [0.1, 0.15) is 18.1 Å². The highest BCUT2D eigenvalue weighted by Gasteiger charge is 2.21. The maximum absolute atomic E-state index is 13.0. The monoisotopic (exact) mass is 326 g/mol. The van der Waals surface area contributed by atoms with Gasteiger partial charge in [-0.15, -0.1) is 0 Å². The van der Waals surface area contributed by atoms with Crippen molar-refractivity contribution in [3.05, 3.63) is 65.5 Å². The Morgan fingerprint density at radius 1 is 0.917 bits per heavy atom. The lowest BCUT2D eigenvalue weighted by Gasteiger charge is -2.36. The van der Waals surface area contributed by atoms with Gasteiger partial charge in [0.15, 0.2) is 0 Å². The Balaban J connectivity index is 1.53. The van der Waals surface area contributed by atoms with Gasteiger partial charge >= 0.3 is 0 Å². The molecule has 1 aliphatic rings. The van der Waals surface area contributed by atoms with Crippen molar-refractivity contribution in [3.63, 3.8) is 0 Å². The Morgan fingerprint density at radius 2 is 1.50 bits per heavy atom. The zero-order valence-corrected chi connectivity index (χ0v) is 14.0. The lowest BCUT2D eigenvalue weighted by molar-refractivity contribution is -0.130. The second-order valence-electron chi connectivity index (χ2n) is 6.19. The number of carbonyl (C=O) groups excluding carboxylic acids is 1. The smallest absolute Gasteiger partial charge is 0.227 e. The minimum absolute atomic E-state index is 0.179. The van der Waals surface area contributed by atoms with E-state index in [1.807, 2.05) is 17.0 Å². The zero-order valence-electron chi connectivity index (χ0n) is 14.0. The highest BCUT2D eigenvalue weighted by Crippen LogP contribution is 2.17. The van der Waals surface area contributed by atoms with Crippen molar-refractivity contribution in [1.82, 2.24) is 4.90 Å². The molecule has 0 N–H and O–H groups in total. The van der Waals surface area contributed by atoms with Crippen molar-refractivity contribution in [2.75, 3.05) is 31.1 Å². The average Bonchev–Trinajstić information content (AvgIpc) is 2.63. The second kappa shape index (κ2) is 7.47. The van der Waals surface area contributed by atoms with E-state index in [4.69, 9.17) is 0 Å². The molecule has 0 unspecified atom stereocenters. The molecule has 2 aromatic carbocycles. The molecule has 0 atom stereocenters. The maximum Gasteiger partial charge on any atom is 0.227 e. The van der Waals surface area contributed by atoms with Crippen LogP contribution < -0.4 is 4.90 Å². The largest absolute Gasteiger partial charge is 0.368 e. The Hall–Kier alpha value is -2.36. The van der Waals surface area contributed by atoms with Crippen molar-refractivity contribution in [2.45, 2.75) is 19.8 Å². The molecule has 24 heavy (non-hydrogen) atoms. The number of rotatable bonds is 4. The topological polar surface area (TPSA) is 23.6 Å². The molecule has 3 nitrogen and oxygen atoms in total. The summed E-state index contributed by atoms with van der Waals surface area (Å²) in [5.41, 5.74) is 3.37. The van der Waals surface area contributed by atoms with Gasteiger partial charge in [-0.25, -0.2) is 4.39 Å². The number of piperazine rings is 1. The van der Waals surface area contributed by atoms with Gasteiger partial charge in [-0.2, -0.15) is 0 Å². The van der Waals surface area contributed by atoms with Crippen LogP contribution in [0.25, 0.3) is 0 Å². The number of aryl methyl sites for hydroxylation is 1. The third-order valence-corrected chi connectivity index (χ3v) is 4.61. The van der Waals surface area contributed by atoms with Crippen molar-refractivity contribution in [2.24, 2.45) is 0 Å². The molecule has 1 heterocycles. The summed E-state index contributed by atoms with van der Waals surface area (Å²) < 4.78 is 13.0. The Morgan fingerprint density at radius 3 is 2.08 bits per heavy atom.